The Bertz CT molecular complexity index is 631. The maximum Gasteiger partial charge on any atom is 0.303 e. The molecule has 0 aromatic heterocycles. The third-order valence-corrected chi connectivity index (χ3v) is 4.65. The summed E-state index contributed by atoms with van der Waals surface area (Å²) in [5.74, 6) is -0.987. The van der Waals surface area contributed by atoms with Gasteiger partial charge in [0.25, 0.3) is 5.91 Å². The van der Waals surface area contributed by atoms with E-state index in [0.29, 0.717) is 23.4 Å². The Morgan fingerprint density at radius 2 is 2.00 bits per heavy atom. The number of hydrogen-bond donors (Lipinski definition) is 0. The van der Waals surface area contributed by atoms with Crippen molar-refractivity contribution in [2.75, 3.05) is 13.7 Å². The van der Waals surface area contributed by atoms with Gasteiger partial charge in [0.2, 0.25) is 0 Å². The van der Waals surface area contributed by atoms with Gasteiger partial charge in [-0.05, 0) is 25.3 Å². The van der Waals surface area contributed by atoms with Gasteiger partial charge in [-0.15, -0.1) is 0 Å². The number of carbonyl (C=O) groups is 3. The van der Waals surface area contributed by atoms with Crippen LogP contribution < -0.4 is 0 Å². The minimum Gasteiger partial charge on any atom is -0.456 e. The molecular weight excluding hydrogens is 318 g/mol. The van der Waals surface area contributed by atoms with Crippen molar-refractivity contribution >= 4 is 29.3 Å². The van der Waals surface area contributed by atoms with E-state index in [4.69, 9.17) is 16.3 Å². The zero-order chi connectivity index (χ0) is 17.0. The first-order chi connectivity index (χ1) is 10.9. The van der Waals surface area contributed by atoms with Crippen molar-refractivity contribution in [2.24, 2.45) is 0 Å². The van der Waals surface area contributed by atoms with Crippen LogP contribution in [-0.2, 0) is 24.7 Å². The fourth-order valence-corrected chi connectivity index (χ4v) is 3.39. The molecule has 2 rings (SSSR count). The molecular formula is C17H20ClNO4. The second-order valence-corrected chi connectivity index (χ2v) is 6.11. The smallest absolute Gasteiger partial charge is 0.303 e. The van der Waals surface area contributed by atoms with Crippen LogP contribution in [0.4, 0.5) is 0 Å². The van der Waals surface area contributed by atoms with Gasteiger partial charge in [0.15, 0.2) is 12.4 Å². The van der Waals surface area contributed by atoms with E-state index in [1.54, 1.807) is 31.3 Å². The molecule has 1 aromatic rings. The maximum atomic E-state index is 12.8. The van der Waals surface area contributed by atoms with Crippen molar-refractivity contribution in [3.63, 3.8) is 0 Å². The normalized spacial score (nSPS) is 20.9. The van der Waals surface area contributed by atoms with Gasteiger partial charge in [0.1, 0.15) is 5.54 Å². The summed E-state index contributed by atoms with van der Waals surface area (Å²) in [7, 11) is 1.57. The van der Waals surface area contributed by atoms with Crippen LogP contribution in [0.2, 0.25) is 5.02 Å². The van der Waals surface area contributed by atoms with Crippen molar-refractivity contribution < 1.29 is 19.1 Å². The van der Waals surface area contributed by atoms with Gasteiger partial charge in [-0.3, -0.25) is 14.4 Å². The quantitative estimate of drug-likeness (QED) is 0.792. The average molecular weight is 338 g/mol. The topological polar surface area (TPSA) is 63.7 Å². The second kappa shape index (κ2) is 7.13. The highest BCUT2D eigenvalue weighted by Crippen LogP contribution is 2.42. The van der Waals surface area contributed by atoms with Crippen LogP contribution in [0.25, 0.3) is 0 Å². The Balaban J connectivity index is 2.42. The van der Waals surface area contributed by atoms with Gasteiger partial charge in [0, 0.05) is 31.0 Å². The Kier molecular flexibility index (Phi) is 5.42. The lowest BCUT2D eigenvalue weighted by Gasteiger charge is -2.43. The van der Waals surface area contributed by atoms with Crippen LogP contribution in [0, 0.1) is 0 Å². The van der Waals surface area contributed by atoms with E-state index in [9.17, 15) is 14.4 Å². The van der Waals surface area contributed by atoms with Crippen LogP contribution in [0.1, 0.15) is 38.2 Å². The van der Waals surface area contributed by atoms with E-state index >= 15 is 0 Å². The summed E-state index contributed by atoms with van der Waals surface area (Å²) in [6, 6.07) is 7.08. The fourth-order valence-electron chi connectivity index (χ4n) is 3.10. The number of nitrogens with zero attached hydrogens (tertiary/aromatic N) is 1. The first kappa shape index (κ1) is 17.5. The van der Waals surface area contributed by atoms with Crippen molar-refractivity contribution in [1.82, 2.24) is 4.90 Å². The second-order valence-electron chi connectivity index (χ2n) is 5.70. The molecule has 1 atom stereocenters. The number of likely N-dealkylation sites (N-methyl/N-ethyl adjacent to an activating group) is 1. The van der Waals surface area contributed by atoms with E-state index < -0.39 is 17.4 Å². The molecule has 0 spiro atoms. The molecule has 0 N–H and O–H groups in total. The molecule has 5 nitrogen and oxygen atoms in total. The first-order valence-corrected chi connectivity index (χ1v) is 7.95. The molecule has 6 heteroatoms. The summed E-state index contributed by atoms with van der Waals surface area (Å²) >= 11 is 6.31. The molecule has 0 saturated heterocycles. The number of esters is 1. The number of ether oxygens (including phenoxy) is 1. The molecule has 1 fully saturated rings. The largest absolute Gasteiger partial charge is 0.456 e. The summed E-state index contributed by atoms with van der Waals surface area (Å²) in [5, 5.41) is 0.454. The Morgan fingerprint density at radius 1 is 1.30 bits per heavy atom. The number of benzene rings is 1. The third-order valence-electron chi connectivity index (χ3n) is 4.32. The summed E-state index contributed by atoms with van der Waals surface area (Å²) in [5.41, 5.74) is -0.460. The lowest BCUT2D eigenvalue weighted by molar-refractivity contribution is -0.156. The van der Waals surface area contributed by atoms with Gasteiger partial charge < -0.3 is 9.64 Å². The summed E-state index contributed by atoms with van der Waals surface area (Å²) < 4.78 is 4.79. The molecule has 0 unspecified atom stereocenters. The van der Waals surface area contributed by atoms with Crippen LogP contribution in [-0.4, -0.2) is 36.2 Å². The molecule has 0 heterocycles. The zero-order valence-electron chi connectivity index (χ0n) is 13.3. The van der Waals surface area contributed by atoms with Gasteiger partial charge in [-0.1, -0.05) is 29.8 Å². The van der Waals surface area contributed by atoms with Crippen LogP contribution >= 0.6 is 11.6 Å². The van der Waals surface area contributed by atoms with E-state index in [1.165, 1.54) is 11.8 Å². The minimum atomic E-state index is -1.09. The Hall–Kier alpha value is -1.88. The van der Waals surface area contributed by atoms with Gasteiger partial charge in [-0.25, -0.2) is 0 Å². The number of rotatable bonds is 4. The number of ketones is 1. The molecule has 0 aliphatic heterocycles. The molecule has 1 aliphatic carbocycles. The SMILES string of the molecule is CC(=O)OCC(=O)N(C)[C@@]1(c2ccccc2Cl)CCCCC1=O. The molecule has 1 aliphatic rings. The molecule has 1 saturated carbocycles. The van der Waals surface area contributed by atoms with Gasteiger partial charge >= 0.3 is 5.97 Å². The first-order valence-electron chi connectivity index (χ1n) is 7.58. The molecule has 1 aromatic carbocycles. The lowest BCUT2D eigenvalue weighted by Crippen LogP contribution is -2.55. The summed E-state index contributed by atoms with van der Waals surface area (Å²) in [6.45, 7) is 0.855. The monoisotopic (exact) mass is 337 g/mol. The minimum absolute atomic E-state index is 0.0319. The maximum absolute atomic E-state index is 12.8. The Morgan fingerprint density at radius 3 is 2.61 bits per heavy atom. The number of hydrogen-bond acceptors (Lipinski definition) is 4. The fraction of sp³-hybridized carbons (Fsp3) is 0.471. The summed E-state index contributed by atoms with van der Waals surface area (Å²) in [4.78, 5) is 37.6. The van der Waals surface area contributed by atoms with E-state index in [0.717, 1.165) is 12.8 Å². The number of carbonyl (C=O) groups excluding carboxylic acids is 3. The van der Waals surface area contributed by atoms with Crippen LogP contribution in [0.3, 0.4) is 0 Å². The van der Waals surface area contributed by atoms with Crippen molar-refractivity contribution in [3.05, 3.63) is 34.9 Å². The molecule has 0 bridgehead atoms. The predicted octanol–water partition coefficient (Wildman–Crippen LogP) is 2.70. The van der Waals surface area contributed by atoms with E-state index in [-0.39, 0.29) is 12.4 Å². The number of Topliss-reactive ketones (excluding diaryl/α,β-unsaturated/α-hetero) is 1. The van der Waals surface area contributed by atoms with Gasteiger partial charge in [0.05, 0.1) is 0 Å². The third kappa shape index (κ3) is 3.39. The van der Waals surface area contributed by atoms with E-state index in [2.05, 4.69) is 0 Å². The summed E-state index contributed by atoms with van der Waals surface area (Å²) in [6.07, 6.45) is 2.54. The molecule has 1 amide bonds. The number of amides is 1. The van der Waals surface area contributed by atoms with E-state index in [1.807, 2.05) is 0 Å². The predicted molar refractivity (Wildman–Crippen MR) is 86.0 cm³/mol. The Labute approximate surface area is 140 Å². The average Bonchev–Trinajstić information content (AvgIpc) is 2.53. The zero-order valence-corrected chi connectivity index (χ0v) is 14.1. The van der Waals surface area contributed by atoms with Gasteiger partial charge in [-0.2, -0.15) is 0 Å². The highest BCUT2D eigenvalue weighted by molar-refractivity contribution is 6.31. The number of halogens is 1. The van der Waals surface area contributed by atoms with Crippen molar-refractivity contribution in [3.8, 4) is 0 Å². The molecule has 124 valence electrons. The molecule has 0 radical (unpaired) electrons. The van der Waals surface area contributed by atoms with Crippen LogP contribution in [0.15, 0.2) is 24.3 Å². The lowest BCUT2D eigenvalue weighted by atomic mass is 9.74. The van der Waals surface area contributed by atoms with Crippen LogP contribution in [0.5, 0.6) is 0 Å². The highest BCUT2D eigenvalue weighted by atomic mass is 35.5. The highest BCUT2D eigenvalue weighted by Gasteiger charge is 2.47. The molecule has 23 heavy (non-hydrogen) atoms. The standard InChI is InChI=1S/C17H20ClNO4/c1-12(20)23-11-16(22)19(2)17(10-6-5-9-15(17)21)13-7-3-4-8-14(13)18/h3-4,7-8H,5-6,9-11H2,1-2H3/t17-/m1/s1. The van der Waals surface area contributed by atoms with Crippen molar-refractivity contribution in [2.45, 2.75) is 38.1 Å². The van der Waals surface area contributed by atoms with Crippen molar-refractivity contribution in [1.29, 1.82) is 0 Å².